The molecule has 0 bridgehead atoms. The van der Waals surface area contributed by atoms with Gasteiger partial charge in [-0.05, 0) is 20.8 Å². The van der Waals surface area contributed by atoms with Crippen LogP contribution in [0.1, 0.15) is 18.3 Å². The van der Waals surface area contributed by atoms with Crippen LogP contribution in [0.5, 0.6) is 5.75 Å². The number of carbonyl (C=O) groups is 1. The molecular formula is C13H22N4O2. The molecule has 0 unspecified atom stereocenters. The van der Waals surface area contributed by atoms with E-state index in [2.05, 4.69) is 17.3 Å². The second-order valence-corrected chi connectivity index (χ2v) is 5.11. The molecule has 6 heteroatoms. The Bertz CT molecular complexity index is 469. The van der Waals surface area contributed by atoms with Gasteiger partial charge in [0.15, 0.2) is 12.4 Å². The molecule has 106 valence electrons. The van der Waals surface area contributed by atoms with Crippen molar-refractivity contribution in [3.8, 4) is 5.75 Å². The van der Waals surface area contributed by atoms with Crippen molar-refractivity contribution in [3.05, 3.63) is 11.4 Å². The lowest BCUT2D eigenvalue weighted by Gasteiger charge is -2.31. The standard InChI is InChI=1S/C13H22N4O2/c1-9-7-17(6-5-14-9)12(18)8-19-13-10(2)15-16(4)11(13)3/h9,14H,5-8H2,1-4H3/t9-/m0/s1. The molecule has 1 saturated heterocycles. The van der Waals surface area contributed by atoms with Crippen molar-refractivity contribution in [1.82, 2.24) is 20.0 Å². The maximum Gasteiger partial charge on any atom is 0.260 e. The molecule has 19 heavy (non-hydrogen) atoms. The van der Waals surface area contributed by atoms with Gasteiger partial charge in [0.1, 0.15) is 5.69 Å². The van der Waals surface area contributed by atoms with E-state index in [0.29, 0.717) is 6.04 Å². The lowest BCUT2D eigenvalue weighted by Crippen LogP contribution is -2.52. The molecule has 0 spiro atoms. The smallest absolute Gasteiger partial charge is 0.260 e. The predicted molar refractivity (Wildman–Crippen MR) is 72.2 cm³/mol. The Morgan fingerprint density at radius 1 is 1.53 bits per heavy atom. The highest BCUT2D eigenvalue weighted by Crippen LogP contribution is 2.21. The summed E-state index contributed by atoms with van der Waals surface area (Å²) in [5.41, 5.74) is 1.76. The third-order valence-electron chi connectivity index (χ3n) is 3.50. The van der Waals surface area contributed by atoms with Gasteiger partial charge in [-0.15, -0.1) is 0 Å². The Balaban J connectivity index is 1.93. The maximum absolute atomic E-state index is 12.1. The second kappa shape index (κ2) is 5.61. The fraction of sp³-hybridized carbons (Fsp3) is 0.692. The van der Waals surface area contributed by atoms with E-state index in [1.54, 1.807) is 4.68 Å². The number of ether oxygens (including phenoxy) is 1. The van der Waals surface area contributed by atoms with E-state index in [-0.39, 0.29) is 12.5 Å². The average molecular weight is 266 g/mol. The zero-order valence-electron chi connectivity index (χ0n) is 12.1. The van der Waals surface area contributed by atoms with Crippen LogP contribution in [0, 0.1) is 13.8 Å². The average Bonchev–Trinajstić information content (AvgIpc) is 2.61. The van der Waals surface area contributed by atoms with Gasteiger partial charge in [0.25, 0.3) is 5.91 Å². The molecule has 0 saturated carbocycles. The number of carbonyl (C=O) groups excluding carboxylic acids is 1. The maximum atomic E-state index is 12.1. The summed E-state index contributed by atoms with van der Waals surface area (Å²) < 4.78 is 7.41. The van der Waals surface area contributed by atoms with Crippen molar-refractivity contribution in [3.63, 3.8) is 0 Å². The van der Waals surface area contributed by atoms with Crippen LogP contribution in [0.3, 0.4) is 0 Å². The Labute approximate surface area is 113 Å². The monoisotopic (exact) mass is 266 g/mol. The fourth-order valence-electron chi connectivity index (χ4n) is 2.35. The highest BCUT2D eigenvalue weighted by atomic mass is 16.5. The lowest BCUT2D eigenvalue weighted by atomic mass is 10.2. The van der Waals surface area contributed by atoms with E-state index in [1.165, 1.54) is 0 Å². The number of hydrogen-bond acceptors (Lipinski definition) is 4. The summed E-state index contributed by atoms with van der Waals surface area (Å²) in [6.45, 7) is 8.32. The van der Waals surface area contributed by atoms with Crippen LogP contribution in [-0.4, -0.2) is 52.9 Å². The molecule has 0 aromatic carbocycles. The van der Waals surface area contributed by atoms with Gasteiger partial charge in [0.05, 0.1) is 5.69 Å². The number of aryl methyl sites for hydroxylation is 2. The molecule has 6 nitrogen and oxygen atoms in total. The summed E-state index contributed by atoms with van der Waals surface area (Å²) in [7, 11) is 1.87. The molecular weight excluding hydrogens is 244 g/mol. The summed E-state index contributed by atoms with van der Waals surface area (Å²) >= 11 is 0. The summed E-state index contributed by atoms with van der Waals surface area (Å²) in [6.07, 6.45) is 0. The molecule has 1 fully saturated rings. The highest BCUT2D eigenvalue weighted by molar-refractivity contribution is 5.78. The zero-order chi connectivity index (χ0) is 14.0. The molecule has 2 rings (SSSR count). The van der Waals surface area contributed by atoms with Crippen molar-refractivity contribution in [2.75, 3.05) is 26.2 Å². The molecule has 1 atom stereocenters. The SMILES string of the molecule is Cc1nn(C)c(C)c1OCC(=O)N1CCN[C@@H](C)C1. The van der Waals surface area contributed by atoms with Crippen LogP contribution in [0.4, 0.5) is 0 Å². The minimum Gasteiger partial charge on any atom is -0.480 e. The number of aromatic nitrogens is 2. The highest BCUT2D eigenvalue weighted by Gasteiger charge is 2.21. The second-order valence-electron chi connectivity index (χ2n) is 5.11. The van der Waals surface area contributed by atoms with Gasteiger partial charge in [0, 0.05) is 32.7 Å². The van der Waals surface area contributed by atoms with Crippen LogP contribution >= 0.6 is 0 Å². The first kappa shape index (κ1) is 13.9. The Morgan fingerprint density at radius 3 is 2.84 bits per heavy atom. The van der Waals surface area contributed by atoms with Crippen molar-refractivity contribution in [2.45, 2.75) is 26.8 Å². The third kappa shape index (κ3) is 3.07. The van der Waals surface area contributed by atoms with Crippen molar-refractivity contribution in [1.29, 1.82) is 0 Å². The van der Waals surface area contributed by atoms with Gasteiger partial charge < -0.3 is 15.0 Å². The first-order chi connectivity index (χ1) is 8.99. The minimum atomic E-state index is 0.0380. The summed E-state index contributed by atoms with van der Waals surface area (Å²) in [4.78, 5) is 13.9. The number of piperazine rings is 1. The van der Waals surface area contributed by atoms with Gasteiger partial charge >= 0.3 is 0 Å². The zero-order valence-corrected chi connectivity index (χ0v) is 12.1. The van der Waals surface area contributed by atoms with Crippen LogP contribution in [0.25, 0.3) is 0 Å². The minimum absolute atomic E-state index is 0.0380. The molecule has 1 aromatic heterocycles. The molecule has 1 aliphatic rings. The van der Waals surface area contributed by atoms with Gasteiger partial charge in [-0.1, -0.05) is 0 Å². The van der Waals surface area contributed by atoms with Crippen molar-refractivity contribution >= 4 is 5.91 Å². The number of hydrogen-bond donors (Lipinski definition) is 1. The molecule has 1 N–H and O–H groups in total. The van der Waals surface area contributed by atoms with Gasteiger partial charge in [-0.3, -0.25) is 9.48 Å². The van der Waals surface area contributed by atoms with Crippen LogP contribution in [0.2, 0.25) is 0 Å². The topological polar surface area (TPSA) is 59.4 Å². The van der Waals surface area contributed by atoms with Crippen molar-refractivity contribution in [2.24, 2.45) is 7.05 Å². The van der Waals surface area contributed by atoms with E-state index < -0.39 is 0 Å². The van der Waals surface area contributed by atoms with E-state index >= 15 is 0 Å². The van der Waals surface area contributed by atoms with Crippen LogP contribution in [-0.2, 0) is 11.8 Å². The van der Waals surface area contributed by atoms with E-state index in [9.17, 15) is 4.79 Å². The fourth-order valence-corrected chi connectivity index (χ4v) is 2.35. The summed E-state index contributed by atoms with van der Waals surface area (Å²) in [5.74, 6) is 0.759. The normalized spacial score (nSPS) is 19.6. The molecule has 1 amide bonds. The van der Waals surface area contributed by atoms with Gasteiger partial charge in [-0.2, -0.15) is 5.10 Å². The quantitative estimate of drug-likeness (QED) is 0.851. The molecule has 0 radical (unpaired) electrons. The molecule has 2 heterocycles. The first-order valence-electron chi connectivity index (χ1n) is 6.63. The van der Waals surface area contributed by atoms with E-state index in [4.69, 9.17) is 4.74 Å². The Morgan fingerprint density at radius 2 is 2.26 bits per heavy atom. The number of nitrogens with one attached hydrogen (secondary N) is 1. The van der Waals surface area contributed by atoms with E-state index in [1.807, 2.05) is 25.8 Å². The van der Waals surface area contributed by atoms with Gasteiger partial charge in [0.2, 0.25) is 0 Å². The number of amides is 1. The Kier molecular flexibility index (Phi) is 4.09. The Hall–Kier alpha value is -1.56. The van der Waals surface area contributed by atoms with Crippen molar-refractivity contribution < 1.29 is 9.53 Å². The molecule has 1 aliphatic heterocycles. The molecule has 1 aromatic rings. The van der Waals surface area contributed by atoms with Crippen LogP contribution in [0.15, 0.2) is 0 Å². The lowest BCUT2D eigenvalue weighted by molar-refractivity contribution is -0.134. The van der Waals surface area contributed by atoms with Crippen LogP contribution < -0.4 is 10.1 Å². The van der Waals surface area contributed by atoms with E-state index in [0.717, 1.165) is 36.8 Å². The van der Waals surface area contributed by atoms with Gasteiger partial charge in [-0.25, -0.2) is 0 Å². The summed E-state index contributed by atoms with van der Waals surface area (Å²) in [5, 5.41) is 7.58. The largest absolute Gasteiger partial charge is 0.480 e. The first-order valence-corrected chi connectivity index (χ1v) is 6.63. The number of rotatable bonds is 3. The molecule has 0 aliphatic carbocycles. The third-order valence-corrected chi connectivity index (χ3v) is 3.50. The predicted octanol–water partition coefficient (Wildman–Crippen LogP) is 0.236. The number of nitrogens with zero attached hydrogens (tertiary/aromatic N) is 3. The summed E-state index contributed by atoms with van der Waals surface area (Å²) in [6, 6.07) is 0.347.